The van der Waals surface area contributed by atoms with Crippen molar-refractivity contribution in [3.8, 4) is 0 Å². The molecule has 0 aromatic heterocycles. The van der Waals surface area contributed by atoms with Gasteiger partial charge in [0, 0.05) is 13.0 Å². The highest BCUT2D eigenvalue weighted by Crippen LogP contribution is 2.25. The Kier molecular flexibility index (Phi) is 7.01. The van der Waals surface area contributed by atoms with Crippen molar-refractivity contribution in [2.45, 2.75) is 44.9 Å². The van der Waals surface area contributed by atoms with Crippen molar-refractivity contribution in [1.82, 2.24) is 4.31 Å². The third-order valence-corrected chi connectivity index (χ3v) is 5.95. The summed E-state index contributed by atoms with van der Waals surface area (Å²) in [5.41, 5.74) is 0.971. The standard InChI is InChI=1S/C18H27NO3S/c1-6-8-9-17(15(4)7-2)18(20)19(5)23(21,22)16-12-10-14(3)11-13-16/h7,10-13,15,17H,2,6,8-9H2,1,3-5H3. The minimum Gasteiger partial charge on any atom is -0.273 e. The Morgan fingerprint density at radius 2 is 1.87 bits per heavy atom. The predicted octanol–water partition coefficient (Wildman–Crippen LogP) is 3.77. The summed E-state index contributed by atoms with van der Waals surface area (Å²) < 4.78 is 26.2. The number of allylic oxidation sites excluding steroid dienone is 1. The van der Waals surface area contributed by atoms with Crippen molar-refractivity contribution in [1.29, 1.82) is 0 Å². The SMILES string of the molecule is C=CC(C)C(CCCC)C(=O)N(C)S(=O)(=O)c1ccc(C)cc1. The molecule has 23 heavy (non-hydrogen) atoms. The molecule has 2 unspecified atom stereocenters. The highest BCUT2D eigenvalue weighted by Gasteiger charge is 2.32. The first-order valence-corrected chi connectivity index (χ1v) is 9.41. The number of rotatable bonds is 8. The summed E-state index contributed by atoms with van der Waals surface area (Å²) in [6.07, 6.45) is 4.22. The number of unbranched alkanes of at least 4 members (excludes halogenated alkanes) is 1. The molecule has 1 aromatic carbocycles. The maximum atomic E-state index is 12.7. The van der Waals surface area contributed by atoms with Crippen molar-refractivity contribution in [3.63, 3.8) is 0 Å². The second kappa shape index (κ2) is 8.29. The molecule has 0 fully saturated rings. The van der Waals surface area contributed by atoms with Crippen LogP contribution in [0.3, 0.4) is 0 Å². The first-order valence-electron chi connectivity index (χ1n) is 7.97. The number of nitrogens with zero attached hydrogens (tertiary/aromatic N) is 1. The molecule has 0 heterocycles. The molecular weight excluding hydrogens is 310 g/mol. The summed E-state index contributed by atoms with van der Waals surface area (Å²) in [5.74, 6) is -0.797. The number of hydrogen-bond acceptors (Lipinski definition) is 3. The number of carbonyl (C=O) groups is 1. The van der Waals surface area contributed by atoms with Crippen LogP contribution < -0.4 is 0 Å². The minimum atomic E-state index is -3.82. The third kappa shape index (κ3) is 4.67. The Morgan fingerprint density at radius 3 is 2.35 bits per heavy atom. The summed E-state index contributed by atoms with van der Waals surface area (Å²) in [4.78, 5) is 12.9. The van der Waals surface area contributed by atoms with E-state index in [0.29, 0.717) is 6.42 Å². The maximum absolute atomic E-state index is 12.7. The van der Waals surface area contributed by atoms with E-state index in [1.54, 1.807) is 18.2 Å². The summed E-state index contributed by atoms with van der Waals surface area (Å²) >= 11 is 0. The summed E-state index contributed by atoms with van der Waals surface area (Å²) in [6.45, 7) is 9.58. The highest BCUT2D eigenvalue weighted by molar-refractivity contribution is 7.89. The number of aryl methyl sites for hydroxylation is 1. The molecule has 0 radical (unpaired) electrons. The summed E-state index contributed by atoms with van der Waals surface area (Å²) in [6, 6.07) is 6.52. The fourth-order valence-electron chi connectivity index (χ4n) is 2.42. The van der Waals surface area contributed by atoms with Gasteiger partial charge in [-0.15, -0.1) is 6.58 Å². The third-order valence-electron chi connectivity index (χ3n) is 4.18. The molecule has 0 aliphatic heterocycles. The van der Waals surface area contributed by atoms with E-state index in [-0.39, 0.29) is 22.6 Å². The maximum Gasteiger partial charge on any atom is 0.266 e. The molecule has 0 saturated heterocycles. The quantitative estimate of drug-likeness (QED) is 0.679. The van der Waals surface area contributed by atoms with Crippen LogP contribution in [0.15, 0.2) is 41.8 Å². The molecule has 1 rings (SSSR count). The van der Waals surface area contributed by atoms with Crippen LogP contribution in [-0.4, -0.2) is 25.7 Å². The van der Waals surface area contributed by atoms with Crippen LogP contribution in [0, 0.1) is 18.8 Å². The Hall–Kier alpha value is -1.62. The zero-order chi connectivity index (χ0) is 17.6. The molecular formula is C18H27NO3S. The molecule has 0 saturated carbocycles. The lowest BCUT2D eigenvalue weighted by molar-refractivity contribution is -0.131. The van der Waals surface area contributed by atoms with E-state index in [9.17, 15) is 13.2 Å². The number of amides is 1. The monoisotopic (exact) mass is 337 g/mol. The fourth-order valence-corrected chi connectivity index (χ4v) is 3.59. The smallest absolute Gasteiger partial charge is 0.266 e. The number of sulfonamides is 1. The number of benzene rings is 1. The van der Waals surface area contributed by atoms with Crippen LogP contribution in [0.25, 0.3) is 0 Å². The highest BCUT2D eigenvalue weighted by atomic mass is 32.2. The molecule has 128 valence electrons. The second-order valence-electron chi connectivity index (χ2n) is 5.97. The first kappa shape index (κ1) is 19.4. The molecule has 0 aliphatic carbocycles. The first-order chi connectivity index (χ1) is 10.8. The Labute approximate surface area is 140 Å². The number of hydrogen-bond donors (Lipinski definition) is 0. The van der Waals surface area contributed by atoms with Gasteiger partial charge in [0.15, 0.2) is 0 Å². The van der Waals surface area contributed by atoms with Gasteiger partial charge in [0.1, 0.15) is 0 Å². The van der Waals surface area contributed by atoms with Crippen LogP contribution >= 0.6 is 0 Å². The van der Waals surface area contributed by atoms with Crippen molar-refractivity contribution >= 4 is 15.9 Å². The molecule has 0 N–H and O–H groups in total. The van der Waals surface area contributed by atoms with Gasteiger partial charge in [0.05, 0.1) is 4.90 Å². The average molecular weight is 337 g/mol. The lowest BCUT2D eigenvalue weighted by Crippen LogP contribution is -2.39. The zero-order valence-corrected chi connectivity index (χ0v) is 15.3. The zero-order valence-electron chi connectivity index (χ0n) is 14.5. The van der Waals surface area contributed by atoms with E-state index in [0.717, 1.165) is 22.7 Å². The van der Waals surface area contributed by atoms with Crippen LogP contribution in [0.1, 0.15) is 38.7 Å². The van der Waals surface area contributed by atoms with E-state index in [1.165, 1.54) is 19.2 Å². The number of carbonyl (C=O) groups excluding carboxylic acids is 1. The van der Waals surface area contributed by atoms with Crippen LogP contribution in [0.2, 0.25) is 0 Å². The Bertz CT molecular complexity index is 635. The van der Waals surface area contributed by atoms with Gasteiger partial charge in [-0.3, -0.25) is 4.79 Å². The molecule has 2 atom stereocenters. The van der Waals surface area contributed by atoms with E-state index in [1.807, 2.05) is 20.8 Å². The fraction of sp³-hybridized carbons (Fsp3) is 0.500. The minimum absolute atomic E-state index is 0.0651. The van der Waals surface area contributed by atoms with Gasteiger partial charge in [-0.2, -0.15) is 0 Å². The van der Waals surface area contributed by atoms with Crippen LogP contribution in [-0.2, 0) is 14.8 Å². The molecule has 1 amide bonds. The van der Waals surface area contributed by atoms with Gasteiger partial charge in [-0.05, 0) is 31.4 Å². The van der Waals surface area contributed by atoms with E-state index >= 15 is 0 Å². The van der Waals surface area contributed by atoms with Crippen molar-refractivity contribution < 1.29 is 13.2 Å². The van der Waals surface area contributed by atoms with Crippen LogP contribution in [0.5, 0.6) is 0 Å². The summed E-state index contributed by atoms with van der Waals surface area (Å²) in [7, 11) is -2.48. The van der Waals surface area contributed by atoms with Gasteiger partial charge in [-0.25, -0.2) is 12.7 Å². The van der Waals surface area contributed by atoms with Crippen molar-refractivity contribution in [3.05, 3.63) is 42.5 Å². The van der Waals surface area contributed by atoms with Crippen LogP contribution in [0.4, 0.5) is 0 Å². The second-order valence-corrected chi connectivity index (χ2v) is 7.94. The molecule has 5 heteroatoms. The van der Waals surface area contributed by atoms with Gasteiger partial charge in [0.25, 0.3) is 10.0 Å². The largest absolute Gasteiger partial charge is 0.273 e. The van der Waals surface area contributed by atoms with Crippen molar-refractivity contribution in [2.24, 2.45) is 11.8 Å². The van der Waals surface area contributed by atoms with Gasteiger partial charge in [-0.1, -0.05) is 50.5 Å². The van der Waals surface area contributed by atoms with E-state index in [4.69, 9.17) is 0 Å². The summed E-state index contributed by atoms with van der Waals surface area (Å²) in [5, 5.41) is 0. The molecule has 0 bridgehead atoms. The Morgan fingerprint density at radius 1 is 1.30 bits per heavy atom. The van der Waals surface area contributed by atoms with E-state index in [2.05, 4.69) is 6.58 Å². The van der Waals surface area contributed by atoms with Gasteiger partial charge in [0.2, 0.25) is 5.91 Å². The Balaban J connectivity index is 3.08. The molecule has 1 aromatic rings. The topological polar surface area (TPSA) is 54.5 Å². The molecule has 0 aliphatic rings. The average Bonchev–Trinajstić information content (AvgIpc) is 2.54. The predicted molar refractivity (Wildman–Crippen MR) is 93.5 cm³/mol. The van der Waals surface area contributed by atoms with Crippen molar-refractivity contribution in [2.75, 3.05) is 7.05 Å². The van der Waals surface area contributed by atoms with E-state index < -0.39 is 10.0 Å². The van der Waals surface area contributed by atoms with Gasteiger partial charge >= 0.3 is 0 Å². The normalized spacial score (nSPS) is 14.1. The molecule has 4 nitrogen and oxygen atoms in total. The van der Waals surface area contributed by atoms with Gasteiger partial charge < -0.3 is 0 Å². The molecule has 0 spiro atoms. The lowest BCUT2D eigenvalue weighted by atomic mass is 9.88. The lowest BCUT2D eigenvalue weighted by Gasteiger charge is -2.26.